The van der Waals surface area contributed by atoms with E-state index in [1.165, 1.54) is 0 Å². The summed E-state index contributed by atoms with van der Waals surface area (Å²) in [6, 6.07) is 7.35. The van der Waals surface area contributed by atoms with E-state index in [-0.39, 0.29) is 11.9 Å². The number of carbonyl (C=O) groups excluding carboxylic acids is 2. The Kier molecular flexibility index (Phi) is 6.28. The molecule has 1 aliphatic heterocycles. The number of rotatable bonds is 4. The molecule has 0 atom stereocenters. The third-order valence-corrected chi connectivity index (χ3v) is 4.26. The van der Waals surface area contributed by atoms with Crippen LogP contribution in [0.3, 0.4) is 0 Å². The van der Waals surface area contributed by atoms with Crippen molar-refractivity contribution in [2.45, 2.75) is 26.8 Å². The molecular weight excluding hydrogens is 314 g/mol. The van der Waals surface area contributed by atoms with Gasteiger partial charge in [-0.05, 0) is 17.5 Å². The van der Waals surface area contributed by atoms with Gasteiger partial charge in [-0.1, -0.05) is 43.6 Å². The van der Waals surface area contributed by atoms with Crippen molar-refractivity contribution >= 4 is 23.5 Å². The minimum atomic E-state index is -0.110. The third kappa shape index (κ3) is 5.13. The molecule has 0 radical (unpaired) electrons. The first kappa shape index (κ1) is 17.6. The lowest BCUT2D eigenvalue weighted by Crippen LogP contribution is -2.53. The zero-order valence-electron chi connectivity index (χ0n) is 13.7. The standard InChI is InChI=1S/C17H24ClN3O2/c1-13(2)11-16(22)20-7-9-21(10-8-20)17(23)19-12-14-5-3-4-6-15(14)18/h3-6,13H,7-12H2,1-2H3,(H,19,23). The number of hydrogen-bond donors (Lipinski definition) is 1. The Balaban J connectivity index is 1.77. The number of nitrogens with one attached hydrogen (secondary N) is 1. The Bertz CT molecular complexity index is 555. The van der Waals surface area contributed by atoms with Crippen LogP contribution in [-0.2, 0) is 11.3 Å². The predicted molar refractivity (Wildman–Crippen MR) is 91.3 cm³/mol. The predicted octanol–water partition coefficient (Wildman–Crippen LogP) is 2.74. The number of urea groups is 1. The van der Waals surface area contributed by atoms with Gasteiger partial charge in [-0.2, -0.15) is 0 Å². The van der Waals surface area contributed by atoms with Gasteiger partial charge in [0.25, 0.3) is 0 Å². The van der Waals surface area contributed by atoms with Gasteiger partial charge in [0.15, 0.2) is 0 Å². The van der Waals surface area contributed by atoms with E-state index >= 15 is 0 Å². The summed E-state index contributed by atoms with van der Waals surface area (Å²) < 4.78 is 0. The van der Waals surface area contributed by atoms with E-state index in [9.17, 15) is 9.59 Å². The molecule has 5 nitrogen and oxygen atoms in total. The van der Waals surface area contributed by atoms with Gasteiger partial charge < -0.3 is 15.1 Å². The first-order valence-electron chi connectivity index (χ1n) is 8.01. The molecule has 0 saturated carbocycles. The summed E-state index contributed by atoms with van der Waals surface area (Å²) >= 11 is 6.08. The smallest absolute Gasteiger partial charge is 0.317 e. The minimum absolute atomic E-state index is 0.110. The number of piperazine rings is 1. The highest BCUT2D eigenvalue weighted by atomic mass is 35.5. The van der Waals surface area contributed by atoms with E-state index in [1.807, 2.05) is 43.0 Å². The lowest BCUT2D eigenvalue weighted by Gasteiger charge is -2.35. The minimum Gasteiger partial charge on any atom is -0.339 e. The number of halogens is 1. The van der Waals surface area contributed by atoms with E-state index in [4.69, 9.17) is 11.6 Å². The highest BCUT2D eigenvalue weighted by Gasteiger charge is 2.24. The van der Waals surface area contributed by atoms with Gasteiger partial charge >= 0.3 is 6.03 Å². The number of hydrogen-bond acceptors (Lipinski definition) is 2. The van der Waals surface area contributed by atoms with Gasteiger partial charge in [0.1, 0.15) is 0 Å². The van der Waals surface area contributed by atoms with E-state index in [0.29, 0.717) is 50.1 Å². The first-order chi connectivity index (χ1) is 11.0. The lowest BCUT2D eigenvalue weighted by molar-refractivity contribution is -0.133. The van der Waals surface area contributed by atoms with E-state index in [2.05, 4.69) is 5.32 Å². The second-order valence-electron chi connectivity index (χ2n) is 6.22. The summed E-state index contributed by atoms with van der Waals surface area (Å²) in [5, 5.41) is 3.53. The molecule has 0 aromatic heterocycles. The molecule has 0 bridgehead atoms. The molecule has 0 unspecified atom stereocenters. The van der Waals surface area contributed by atoms with Crippen LogP contribution in [0.25, 0.3) is 0 Å². The van der Waals surface area contributed by atoms with Gasteiger partial charge in [-0.3, -0.25) is 4.79 Å². The quantitative estimate of drug-likeness (QED) is 0.918. The molecule has 0 spiro atoms. The average molecular weight is 338 g/mol. The van der Waals surface area contributed by atoms with Gasteiger partial charge in [0.2, 0.25) is 5.91 Å². The average Bonchev–Trinajstić information content (AvgIpc) is 2.53. The zero-order chi connectivity index (χ0) is 16.8. The molecule has 1 heterocycles. The van der Waals surface area contributed by atoms with Crippen LogP contribution in [0, 0.1) is 5.92 Å². The summed E-state index contributed by atoms with van der Waals surface area (Å²) in [5.41, 5.74) is 0.897. The molecule has 23 heavy (non-hydrogen) atoms. The molecule has 1 aromatic carbocycles. The van der Waals surface area contributed by atoms with Crippen LogP contribution in [-0.4, -0.2) is 47.9 Å². The largest absolute Gasteiger partial charge is 0.339 e. The number of nitrogens with zero attached hydrogens (tertiary/aromatic N) is 2. The Morgan fingerprint density at radius 3 is 2.35 bits per heavy atom. The van der Waals surface area contributed by atoms with E-state index < -0.39 is 0 Å². The van der Waals surface area contributed by atoms with Crippen molar-refractivity contribution in [1.29, 1.82) is 0 Å². The summed E-state index contributed by atoms with van der Waals surface area (Å²) in [6.07, 6.45) is 0.568. The fraction of sp³-hybridized carbons (Fsp3) is 0.529. The molecule has 1 aliphatic rings. The summed E-state index contributed by atoms with van der Waals surface area (Å²) in [6.45, 7) is 6.82. The maximum Gasteiger partial charge on any atom is 0.317 e. The molecule has 2 rings (SSSR count). The monoisotopic (exact) mass is 337 g/mol. The van der Waals surface area contributed by atoms with Crippen LogP contribution >= 0.6 is 11.6 Å². The first-order valence-corrected chi connectivity index (χ1v) is 8.39. The van der Waals surface area contributed by atoms with Crippen LogP contribution in [0.2, 0.25) is 5.02 Å². The molecule has 6 heteroatoms. The maximum absolute atomic E-state index is 12.2. The van der Waals surface area contributed by atoms with Crippen LogP contribution in [0.1, 0.15) is 25.8 Å². The molecule has 1 aromatic rings. The molecule has 0 aliphatic carbocycles. The van der Waals surface area contributed by atoms with Crippen LogP contribution in [0.5, 0.6) is 0 Å². The Labute approximate surface area is 142 Å². The fourth-order valence-electron chi connectivity index (χ4n) is 2.56. The van der Waals surface area contributed by atoms with Crippen molar-refractivity contribution in [3.05, 3.63) is 34.9 Å². The Morgan fingerprint density at radius 2 is 1.74 bits per heavy atom. The molecule has 3 amide bonds. The van der Waals surface area contributed by atoms with Gasteiger partial charge in [0.05, 0.1) is 0 Å². The lowest BCUT2D eigenvalue weighted by atomic mass is 10.1. The summed E-state index contributed by atoms with van der Waals surface area (Å²) in [7, 11) is 0. The maximum atomic E-state index is 12.2. The van der Waals surface area contributed by atoms with Crippen LogP contribution < -0.4 is 5.32 Å². The third-order valence-electron chi connectivity index (χ3n) is 3.89. The normalized spacial score (nSPS) is 15.0. The van der Waals surface area contributed by atoms with E-state index in [0.717, 1.165) is 5.56 Å². The topological polar surface area (TPSA) is 52.7 Å². The van der Waals surface area contributed by atoms with Gasteiger partial charge in [-0.15, -0.1) is 0 Å². The molecule has 126 valence electrons. The van der Waals surface area contributed by atoms with Gasteiger partial charge in [0, 0.05) is 44.2 Å². The Hall–Kier alpha value is -1.75. The fourth-order valence-corrected chi connectivity index (χ4v) is 2.76. The zero-order valence-corrected chi connectivity index (χ0v) is 14.5. The Morgan fingerprint density at radius 1 is 1.13 bits per heavy atom. The van der Waals surface area contributed by atoms with Crippen LogP contribution in [0.4, 0.5) is 4.79 Å². The SMILES string of the molecule is CC(C)CC(=O)N1CCN(C(=O)NCc2ccccc2Cl)CC1. The number of carbonyl (C=O) groups is 2. The van der Waals surface area contributed by atoms with E-state index in [1.54, 1.807) is 4.90 Å². The molecule has 1 saturated heterocycles. The molecule has 1 N–H and O–H groups in total. The van der Waals surface area contributed by atoms with Crippen molar-refractivity contribution in [2.75, 3.05) is 26.2 Å². The number of amides is 3. The van der Waals surface area contributed by atoms with Crippen molar-refractivity contribution in [3.63, 3.8) is 0 Å². The number of benzene rings is 1. The van der Waals surface area contributed by atoms with Crippen molar-refractivity contribution in [1.82, 2.24) is 15.1 Å². The second kappa shape index (κ2) is 8.20. The van der Waals surface area contributed by atoms with Crippen molar-refractivity contribution < 1.29 is 9.59 Å². The van der Waals surface area contributed by atoms with Crippen molar-refractivity contribution in [2.24, 2.45) is 5.92 Å². The highest BCUT2D eigenvalue weighted by Crippen LogP contribution is 2.14. The van der Waals surface area contributed by atoms with Crippen LogP contribution in [0.15, 0.2) is 24.3 Å². The van der Waals surface area contributed by atoms with Crippen molar-refractivity contribution in [3.8, 4) is 0 Å². The van der Waals surface area contributed by atoms with Gasteiger partial charge in [-0.25, -0.2) is 4.79 Å². The molecular formula is C17H24ClN3O2. The second-order valence-corrected chi connectivity index (χ2v) is 6.62. The summed E-state index contributed by atoms with van der Waals surface area (Å²) in [4.78, 5) is 27.8. The molecule has 1 fully saturated rings. The summed E-state index contributed by atoms with van der Waals surface area (Å²) in [5.74, 6) is 0.538. The highest BCUT2D eigenvalue weighted by molar-refractivity contribution is 6.31.